The second-order valence-electron chi connectivity index (χ2n) is 5.90. The molecular formula is C15H16FN3O5S. The molecule has 1 amide bonds. The molecule has 2 aromatic rings. The van der Waals surface area contributed by atoms with Crippen LogP contribution in [0.3, 0.4) is 0 Å². The molecule has 0 radical (unpaired) electrons. The number of halogens is 1. The summed E-state index contributed by atoms with van der Waals surface area (Å²) in [5.41, 5.74) is 0.403. The molecule has 2 heterocycles. The smallest absolute Gasteiger partial charge is 0.388 e. The van der Waals surface area contributed by atoms with E-state index in [0.29, 0.717) is 12.0 Å². The molecule has 1 aliphatic heterocycles. The Morgan fingerprint density at radius 2 is 2.08 bits per heavy atom. The lowest BCUT2D eigenvalue weighted by atomic mass is 10.2. The zero-order chi connectivity index (χ0) is 18.2. The van der Waals surface area contributed by atoms with Gasteiger partial charge in [0.25, 0.3) is 0 Å². The number of hydrogen-bond donors (Lipinski definition) is 0. The van der Waals surface area contributed by atoms with Gasteiger partial charge in [0, 0.05) is 18.7 Å². The lowest BCUT2D eigenvalue weighted by Gasteiger charge is -2.22. The fraction of sp³-hybridized carbons (Fsp3) is 0.400. The van der Waals surface area contributed by atoms with Crippen LogP contribution in [0.2, 0.25) is 0 Å². The Morgan fingerprint density at radius 1 is 1.40 bits per heavy atom. The van der Waals surface area contributed by atoms with Gasteiger partial charge in [0.1, 0.15) is 12.4 Å². The van der Waals surface area contributed by atoms with Gasteiger partial charge in [-0.1, -0.05) is 0 Å². The topological polar surface area (TPSA) is 102 Å². The van der Waals surface area contributed by atoms with Gasteiger partial charge < -0.3 is 9.32 Å². The fourth-order valence-corrected chi connectivity index (χ4v) is 4.41. The van der Waals surface area contributed by atoms with Crippen molar-refractivity contribution in [3.05, 3.63) is 40.6 Å². The van der Waals surface area contributed by atoms with Crippen molar-refractivity contribution in [1.29, 1.82) is 0 Å². The molecule has 0 N–H and O–H groups in total. The predicted octanol–water partition coefficient (Wildman–Crippen LogP) is 0.288. The molecule has 0 aliphatic carbocycles. The lowest BCUT2D eigenvalue weighted by molar-refractivity contribution is -0.132. The third-order valence-electron chi connectivity index (χ3n) is 4.13. The SMILES string of the molecule is CN(C(=O)Cn1nc(-c2ccc(F)cc2)oc1=O)[C@@H]1CCS(=O)(=O)C1. The average molecular weight is 369 g/mol. The summed E-state index contributed by atoms with van der Waals surface area (Å²) in [6.07, 6.45) is 0.374. The molecule has 1 saturated heterocycles. The van der Waals surface area contributed by atoms with E-state index in [1.807, 2.05) is 0 Å². The van der Waals surface area contributed by atoms with Crippen molar-refractivity contribution in [2.75, 3.05) is 18.6 Å². The van der Waals surface area contributed by atoms with Crippen LogP contribution < -0.4 is 5.76 Å². The third kappa shape index (κ3) is 3.78. The first kappa shape index (κ1) is 17.3. The van der Waals surface area contributed by atoms with Gasteiger partial charge >= 0.3 is 5.76 Å². The molecule has 1 fully saturated rings. The van der Waals surface area contributed by atoms with Crippen LogP contribution in [-0.2, 0) is 21.2 Å². The zero-order valence-corrected chi connectivity index (χ0v) is 14.2. The summed E-state index contributed by atoms with van der Waals surface area (Å²) < 4.78 is 41.8. The maximum Gasteiger partial charge on any atom is 0.437 e. The summed E-state index contributed by atoms with van der Waals surface area (Å²) in [5.74, 6) is -1.75. The summed E-state index contributed by atoms with van der Waals surface area (Å²) in [6.45, 7) is -0.365. The molecule has 0 saturated carbocycles. The maximum atomic E-state index is 12.9. The zero-order valence-electron chi connectivity index (χ0n) is 13.4. The van der Waals surface area contributed by atoms with Crippen molar-refractivity contribution in [1.82, 2.24) is 14.7 Å². The van der Waals surface area contributed by atoms with E-state index in [1.165, 1.54) is 36.2 Å². The fourth-order valence-electron chi connectivity index (χ4n) is 2.64. The maximum absolute atomic E-state index is 12.9. The molecule has 25 heavy (non-hydrogen) atoms. The van der Waals surface area contributed by atoms with Gasteiger partial charge in [-0.3, -0.25) is 4.79 Å². The predicted molar refractivity (Wildman–Crippen MR) is 86.0 cm³/mol. The first-order valence-corrected chi connectivity index (χ1v) is 9.37. The van der Waals surface area contributed by atoms with Crippen LogP contribution in [0.5, 0.6) is 0 Å². The molecule has 3 rings (SSSR count). The summed E-state index contributed by atoms with van der Waals surface area (Å²) in [4.78, 5) is 25.5. The number of aromatic nitrogens is 2. The van der Waals surface area contributed by atoms with E-state index in [2.05, 4.69) is 5.10 Å². The Kier molecular flexibility index (Phi) is 4.46. The van der Waals surface area contributed by atoms with Crippen molar-refractivity contribution in [3.8, 4) is 11.5 Å². The Bertz CT molecular complexity index is 948. The Hall–Kier alpha value is -2.49. The van der Waals surface area contributed by atoms with Gasteiger partial charge in [0.2, 0.25) is 11.8 Å². The summed E-state index contributed by atoms with van der Waals surface area (Å²) in [7, 11) is -1.62. The van der Waals surface area contributed by atoms with Gasteiger partial charge in [-0.05, 0) is 30.7 Å². The second kappa shape index (κ2) is 6.43. The molecule has 10 heteroatoms. The molecule has 1 aliphatic rings. The first-order valence-electron chi connectivity index (χ1n) is 7.55. The monoisotopic (exact) mass is 369 g/mol. The number of rotatable bonds is 4. The summed E-state index contributed by atoms with van der Waals surface area (Å²) >= 11 is 0. The van der Waals surface area contributed by atoms with Gasteiger partial charge in [-0.2, -0.15) is 4.68 Å². The molecular weight excluding hydrogens is 353 g/mol. The molecule has 0 spiro atoms. The number of likely N-dealkylation sites (N-methyl/N-ethyl adjacent to an activating group) is 1. The Morgan fingerprint density at radius 3 is 2.68 bits per heavy atom. The second-order valence-corrected chi connectivity index (χ2v) is 8.13. The lowest BCUT2D eigenvalue weighted by Crippen LogP contribution is -2.41. The van der Waals surface area contributed by atoms with E-state index in [1.54, 1.807) is 0 Å². The van der Waals surface area contributed by atoms with Crippen LogP contribution in [-0.4, -0.2) is 53.6 Å². The summed E-state index contributed by atoms with van der Waals surface area (Å²) in [5, 5.41) is 3.94. The normalized spacial score (nSPS) is 19.0. The number of hydrogen-bond acceptors (Lipinski definition) is 6. The Balaban J connectivity index is 1.74. The van der Waals surface area contributed by atoms with Crippen LogP contribution >= 0.6 is 0 Å². The number of benzene rings is 1. The quantitative estimate of drug-likeness (QED) is 0.767. The van der Waals surface area contributed by atoms with Gasteiger partial charge in [-0.25, -0.2) is 17.6 Å². The number of carbonyl (C=O) groups is 1. The van der Waals surface area contributed by atoms with Gasteiger partial charge in [0.15, 0.2) is 9.84 Å². The highest BCUT2D eigenvalue weighted by molar-refractivity contribution is 7.91. The molecule has 1 aromatic carbocycles. The largest absolute Gasteiger partial charge is 0.437 e. The summed E-state index contributed by atoms with van der Waals surface area (Å²) in [6, 6.07) is 4.81. The van der Waals surface area contributed by atoms with Crippen LogP contribution in [0.4, 0.5) is 4.39 Å². The van der Waals surface area contributed by atoms with E-state index in [-0.39, 0.29) is 23.9 Å². The highest BCUT2D eigenvalue weighted by atomic mass is 32.2. The molecule has 0 unspecified atom stereocenters. The van der Waals surface area contributed by atoms with Crippen LogP contribution in [0.15, 0.2) is 33.5 Å². The van der Waals surface area contributed by atoms with Gasteiger partial charge in [-0.15, -0.1) is 5.10 Å². The van der Waals surface area contributed by atoms with Crippen LogP contribution in [0.1, 0.15) is 6.42 Å². The first-order chi connectivity index (χ1) is 11.7. The van der Waals surface area contributed by atoms with E-state index >= 15 is 0 Å². The van der Waals surface area contributed by atoms with Crippen molar-refractivity contribution >= 4 is 15.7 Å². The number of nitrogens with zero attached hydrogens (tertiary/aromatic N) is 3. The third-order valence-corrected chi connectivity index (χ3v) is 5.88. The molecule has 1 atom stereocenters. The molecule has 134 valence electrons. The van der Waals surface area contributed by atoms with Crippen molar-refractivity contribution in [2.24, 2.45) is 0 Å². The minimum Gasteiger partial charge on any atom is -0.388 e. The highest BCUT2D eigenvalue weighted by Gasteiger charge is 2.33. The average Bonchev–Trinajstić information content (AvgIpc) is 3.10. The van der Waals surface area contributed by atoms with E-state index < -0.39 is 33.4 Å². The minimum absolute atomic E-state index is 0.0242. The van der Waals surface area contributed by atoms with Crippen molar-refractivity contribution < 1.29 is 22.0 Å². The highest BCUT2D eigenvalue weighted by Crippen LogP contribution is 2.18. The van der Waals surface area contributed by atoms with Crippen molar-refractivity contribution in [3.63, 3.8) is 0 Å². The number of sulfone groups is 1. The van der Waals surface area contributed by atoms with E-state index in [4.69, 9.17) is 4.42 Å². The van der Waals surface area contributed by atoms with E-state index in [0.717, 1.165) is 4.68 Å². The molecule has 1 aromatic heterocycles. The molecule has 8 nitrogen and oxygen atoms in total. The van der Waals surface area contributed by atoms with Gasteiger partial charge in [0.05, 0.1) is 11.5 Å². The van der Waals surface area contributed by atoms with Crippen LogP contribution in [0, 0.1) is 5.82 Å². The minimum atomic E-state index is -3.12. The standard InChI is InChI=1S/C15H16FN3O5S/c1-18(12-6-7-25(22,23)9-12)13(20)8-19-15(21)24-14(17-19)10-2-4-11(16)5-3-10/h2-5,12H,6-9H2,1H3/t12-/m1/s1. The van der Waals surface area contributed by atoms with Crippen molar-refractivity contribution in [2.45, 2.75) is 19.0 Å². The van der Waals surface area contributed by atoms with Crippen LogP contribution in [0.25, 0.3) is 11.5 Å². The Labute approximate surface area is 142 Å². The number of amides is 1. The number of carbonyl (C=O) groups excluding carboxylic acids is 1. The molecule has 0 bridgehead atoms. The van der Waals surface area contributed by atoms with E-state index in [9.17, 15) is 22.4 Å².